The fourth-order valence-electron chi connectivity index (χ4n) is 1.99. The van der Waals surface area contributed by atoms with Crippen molar-refractivity contribution in [3.63, 3.8) is 0 Å². The zero-order valence-electron chi connectivity index (χ0n) is 13.6. The van der Waals surface area contributed by atoms with Crippen molar-refractivity contribution in [2.45, 2.75) is 25.7 Å². The molecule has 128 valence electrons. The molecule has 0 radical (unpaired) electrons. The summed E-state index contributed by atoms with van der Waals surface area (Å²) in [6, 6.07) is 5.66. The number of benzene rings is 1. The van der Waals surface area contributed by atoms with Crippen LogP contribution >= 0.6 is 0 Å². The second-order valence-electron chi connectivity index (χ2n) is 4.80. The summed E-state index contributed by atoms with van der Waals surface area (Å²) in [6.07, 6.45) is 0. The van der Waals surface area contributed by atoms with E-state index < -0.39 is 10.0 Å². The predicted molar refractivity (Wildman–Crippen MR) is 87.6 cm³/mol. The molecule has 0 saturated carbocycles. The molecule has 0 aliphatic heterocycles. The highest BCUT2D eigenvalue weighted by molar-refractivity contribution is 7.89. The quantitative estimate of drug-likeness (QED) is 0.723. The molecule has 0 heterocycles. The number of amides is 2. The van der Waals surface area contributed by atoms with E-state index >= 15 is 0 Å². The van der Waals surface area contributed by atoms with Gasteiger partial charge in [0.15, 0.2) is 0 Å². The number of sulfonamides is 1. The molecule has 2 N–H and O–H groups in total. The van der Waals surface area contributed by atoms with Crippen LogP contribution in [-0.4, -0.2) is 51.3 Å². The van der Waals surface area contributed by atoms with Gasteiger partial charge in [-0.2, -0.15) is 0 Å². The maximum absolute atomic E-state index is 12.4. The third kappa shape index (κ3) is 5.33. The number of hydrogen-bond donors (Lipinski definition) is 2. The Morgan fingerprint density at radius 3 is 2.13 bits per heavy atom. The molecule has 0 bridgehead atoms. The second kappa shape index (κ2) is 8.64. The molecule has 0 aliphatic rings. The minimum atomic E-state index is -3.54. The van der Waals surface area contributed by atoms with Gasteiger partial charge < -0.3 is 10.2 Å². The highest BCUT2D eigenvalue weighted by atomic mass is 32.2. The van der Waals surface area contributed by atoms with Gasteiger partial charge in [-0.05, 0) is 38.1 Å². The number of rotatable bonds is 8. The first-order valence-corrected chi connectivity index (χ1v) is 8.99. The van der Waals surface area contributed by atoms with Crippen molar-refractivity contribution in [2.24, 2.45) is 0 Å². The molecule has 0 atom stereocenters. The largest absolute Gasteiger partial charge is 0.355 e. The van der Waals surface area contributed by atoms with Crippen molar-refractivity contribution in [1.82, 2.24) is 14.9 Å². The van der Waals surface area contributed by atoms with Crippen molar-refractivity contribution in [2.75, 3.05) is 26.2 Å². The van der Waals surface area contributed by atoms with Crippen LogP contribution in [0.3, 0.4) is 0 Å². The monoisotopic (exact) mass is 341 g/mol. The van der Waals surface area contributed by atoms with E-state index in [-0.39, 0.29) is 23.3 Å². The molecule has 0 unspecified atom stereocenters. The van der Waals surface area contributed by atoms with Gasteiger partial charge in [-0.25, -0.2) is 13.1 Å². The van der Waals surface area contributed by atoms with Gasteiger partial charge in [-0.1, -0.05) is 6.92 Å². The summed E-state index contributed by atoms with van der Waals surface area (Å²) in [5, 5.41) is 2.64. The Morgan fingerprint density at radius 1 is 1.04 bits per heavy atom. The summed E-state index contributed by atoms with van der Waals surface area (Å²) in [5.74, 6) is -0.541. The first kappa shape index (κ1) is 19.1. The van der Waals surface area contributed by atoms with Gasteiger partial charge >= 0.3 is 0 Å². The van der Waals surface area contributed by atoms with Crippen LogP contribution in [0.5, 0.6) is 0 Å². The molecule has 2 amide bonds. The van der Waals surface area contributed by atoms with E-state index in [1.54, 1.807) is 20.8 Å². The molecule has 1 aromatic rings. The van der Waals surface area contributed by atoms with Crippen LogP contribution < -0.4 is 10.0 Å². The van der Waals surface area contributed by atoms with Gasteiger partial charge in [-0.3, -0.25) is 9.59 Å². The van der Waals surface area contributed by atoms with Crippen LogP contribution in [-0.2, 0) is 14.8 Å². The topological polar surface area (TPSA) is 95.6 Å². The molecule has 0 spiro atoms. The lowest BCUT2D eigenvalue weighted by molar-refractivity contribution is -0.121. The highest BCUT2D eigenvalue weighted by Gasteiger charge is 2.18. The summed E-state index contributed by atoms with van der Waals surface area (Å²) in [6.45, 7) is 6.42. The average Bonchev–Trinajstić information content (AvgIpc) is 2.52. The molecule has 7 nitrogen and oxygen atoms in total. The van der Waals surface area contributed by atoms with Crippen molar-refractivity contribution in [3.05, 3.63) is 29.8 Å². The molecule has 1 rings (SSSR count). The van der Waals surface area contributed by atoms with Crippen LogP contribution in [0.1, 0.15) is 31.1 Å². The standard InChI is InChI=1S/C15H23N3O4S/c1-4-16-14(19)11-18(6-3)15(20)12-7-9-13(10-8-12)23(21,22)17-5-2/h7-10,17H,4-6,11H2,1-3H3,(H,16,19). The second-order valence-corrected chi connectivity index (χ2v) is 6.57. The summed E-state index contributed by atoms with van der Waals surface area (Å²) in [4.78, 5) is 25.5. The highest BCUT2D eigenvalue weighted by Crippen LogP contribution is 2.12. The Bertz CT molecular complexity index is 641. The van der Waals surface area contributed by atoms with Gasteiger partial charge in [0, 0.05) is 25.2 Å². The van der Waals surface area contributed by atoms with Gasteiger partial charge in [0.1, 0.15) is 0 Å². The van der Waals surface area contributed by atoms with Crippen LogP contribution in [0.15, 0.2) is 29.2 Å². The Labute approximate surface area is 137 Å². The smallest absolute Gasteiger partial charge is 0.254 e. The maximum atomic E-state index is 12.4. The van der Waals surface area contributed by atoms with Crippen LogP contribution in [0.25, 0.3) is 0 Å². The van der Waals surface area contributed by atoms with E-state index in [2.05, 4.69) is 10.0 Å². The zero-order chi connectivity index (χ0) is 17.5. The molecule has 0 aliphatic carbocycles. The van der Waals surface area contributed by atoms with Crippen molar-refractivity contribution in [3.8, 4) is 0 Å². The lowest BCUT2D eigenvalue weighted by Crippen LogP contribution is -2.40. The van der Waals surface area contributed by atoms with Crippen LogP contribution in [0.2, 0.25) is 0 Å². The molecular formula is C15H23N3O4S. The molecule has 0 aromatic heterocycles. The first-order chi connectivity index (χ1) is 10.9. The lowest BCUT2D eigenvalue weighted by Gasteiger charge is -2.20. The lowest BCUT2D eigenvalue weighted by atomic mass is 10.2. The normalized spacial score (nSPS) is 11.1. The maximum Gasteiger partial charge on any atom is 0.254 e. The third-order valence-corrected chi connectivity index (χ3v) is 4.68. The van der Waals surface area contributed by atoms with Crippen molar-refractivity contribution >= 4 is 21.8 Å². The third-order valence-electron chi connectivity index (χ3n) is 3.12. The number of carbonyl (C=O) groups excluding carboxylic acids is 2. The van der Waals surface area contributed by atoms with Crippen molar-refractivity contribution < 1.29 is 18.0 Å². The molecular weight excluding hydrogens is 318 g/mol. The van der Waals surface area contributed by atoms with E-state index in [0.717, 1.165) is 0 Å². The number of likely N-dealkylation sites (N-methyl/N-ethyl adjacent to an activating group) is 2. The van der Waals surface area contributed by atoms with E-state index in [4.69, 9.17) is 0 Å². The summed E-state index contributed by atoms with van der Waals surface area (Å²) < 4.78 is 26.1. The summed E-state index contributed by atoms with van der Waals surface area (Å²) in [7, 11) is -3.54. The molecule has 1 aromatic carbocycles. The Hall–Kier alpha value is -1.93. The van der Waals surface area contributed by atoms with Gasteiger partial charge in [0.25, 0.3) is 5.91 Å². The van der Waals surface area contributed by atoms with Crippen molar-refractivity contribution in [1.29, 1.82) is 0 Å². The van der Waals surface area contributed by atoms with E-state index in [0.29, 0.717) is 25.2 Å². The number of nitrogens with one attached hydrogen (secondary N) is 2. The summed E-state index contributed by atoms with van der Waals surface area (Å²) in [5.41, 5.74) is 0.339. The molecule has 0 fully saturated rings. The Morgan fingerprint density at radius 2 is 1.65 bits per heavy atom. The minimum absolute atomic E-state index is 0.0272. The molecule has 0 saturated heterocycles. The van der Waals surface area contributed by atoms with Gasteiger partial charge in [0.05, 0.1) is 11.4 Å². The minimum Gasteiger partial charge on any atom is -0.355 e. The SMILES string of the molecule is CCNC(=O)CN(CC)C(=O)c1ccc(S(=O)(=O)NCC)cc1. The summed E-state index contributed by atoms with van der Waals surface area (Å²) >= 11 is 0. The zero-order valence-corrected chi connectivity index (χ0v) is 14.4. The fourth-order valence-corrected chi connectivity index (χ4v) is 3.03. The fraction of sp³-hybridized carbons (Fsp3) is 0.467. The molecule has 8 heteroatoms. The van der Waals surface area contributed by atoms with E-state index in [9.17, 15) is 18.0 Å². The van der Waals surface area contributed by atoms with Crippen LogP contribution in [0, 0.1) is 0 Å². The van der Waals surface area contributed by atoms with E-state index in [1.807, 2.05) is 0 Å². The van der Waals surface area contributed by atoms with Gasteiger partial charge in [-0.15, -0.1) is 0 Å². The molecule has 23 heavy (non-hydrogen) atoms. The van der Waals surface area contributed by atoms with Crippen LogP contribution in [0.4, 0.5) is 0 Å². The first-order valence-electron chi connectivity index (χ1n) is 7.51. The Kier molecular flexibility index (Phi) is 7.18. The number of nitrogens with zero attached hydrogens (tertiary/aromatic N) is 1. The average molecular weight is 341 g/mol. The number of hydrogen-bond acceptors (Lipinski definition) is 4. The van der Waals surface area contributed by atoms with E-state index in [1.165, 1.54) is 29.2 Å². The van der Waals surface area contributed by atoms with Gasteiger partial charge in [0.2, 0.25) is 15.9 Å². The predicted octanol–water partition coefficient (Wildman–Crippen LogP) is 0.583. The Balaban J connectivity index is 2.89. The number of carbonyl (C=O) groups is 2.